The topological polar surface area (TPSA) is 42.7 Å². The van der Waals surface area contributed by atoms with Gasteiger partial charge in [-0.3, -0.25) is 4.57 Å². The second-order valence-electron chi connectivity index (χ2n) is 7.25. The molecule has 1 aromatic heterocycles. The normalized spacial score (nSPS) is 19.0. The summed E-state index contributed by atoms with van der Waals surface area (Å²) in [7, 11) is 0. The van der Waals surface area contributed by atoms with E-state index in [-0.39, 0.29) is 0 Å². The van der Waals surface area contributed by atoms with Crippen LogP contribution in [0.15, 0.2) is 54.6 Å². The summed E-state index contributed by atoms with van der Waals surface area (Å²) in [5.41, 5.74) is 5.12. The van der Waals surface area contributed by atoms with Crippen LogP contribution in [0, 0.1) is 0 Å². The van der Waals surface area contributed by atoms with Gasteiger partial charge in [0, 0.05) is 17.5 Å². The number of benzene rings is 2. The average molecular weight is 377 g/mol. The molecule has 4 nitrogen and oxygen atoms in total. The van der Waals surface area contributed by atoms with Gasteiger partial charge >= 0.3 is 0 Å². The molecular formula is C22H21ClN4. The van der Waals surface area contributed by atoms with E-state index in [9.17, 15) is 0 Å². The predicted octanol–water partition coefficient (Wildman–Crippen LogP) is 4.88. The van der Waals surface area contributed by atoms with Crippen LogP contribution in [0.25, 0.3) is 11.3 Å². The van der Waals surface area contributed by atoms with E-state index >= 15 is 0 Å². The molecular weight excluding hydrogens is 356 g/mol. The van der Waals surface area contributed by atoms with Crippen molar-refractivity contribution < 1.29 is 0 Å². The van der Waals surface area contributed by atoms with E-state index in [1.54, 1.807) is 0 Å². The van der Waals surface area contributed by atoms with E-state index in [4.69, 9.17) is 11.6 Å². The lowest BCUT2D eigenvalue weighted by Crippen LogP contribution is -2.13. The first-order valence-electron chi connectivity index (χ1n) is 9.48. The molecule has 27 heavy (non-hydrogen) atoms. The average Bonchev–Trinajstić information content (AvgIpc) is 3.04. The molecule has 136 valence electrons. The van der Waals surface area contributed by atoms with Crippen LogP contribution in [0.4, 0.5) is 0 Å². The Bertz CT molecular complexity index is 1010. The standard InChI is InChI=1S/C22H21ClN4/c23-19-10-11-20-18(12-19)13-24-14-21-25-26-22(27(20)21)17-8-6-16(7-9-17)15-4-2-1-3-5-15/h1-6,10-12,17,24H,7-9,13-14H2/t17-/m1/s1. The molecule has 0 saturated heterocycles. The second kappa shape index (κ2) is 6.95. The Morgan fingerprint density at radius 1 is 1.04 bits per heavy atom. The van der Waals surface area contributed by atoms with Gasteiger partial charge in [-0.25, -0.2) is 0 Å². The summed E-state index contributed by atoms with van der Waals surface area (Å²) in [5, 5.41) is 13.3. The maximum atomic E-state index is 6.22. The molecule has 0 radical (unpaired) electrons. The number of allylic oxidation sites excluding steroid dienone is 2. The number of hydrogen-bond acceptors (Lipinski definition) is 3. The lowest BCUT2D eigenvalue weighted by molar-refractivity contribution is 0.576. The number of halogens is 1. The zero-order chi connectivity index (χ0) is 18.2. The van der Waals surface area contributed by atoms with Gasteiger partial charge in [-0.2, -0.15) is 0 Å². The van der Waals surface area contributed by atoms with Gasteiger partial charge in [0.05, 0.1) is 12.2 Å². The zero-order valence-electron chi connectivity index (χ0n) is 15.0. The molecule has 0 fully saturated rings. The number of fused-ring (bicyclic) bond motifs is 3. The summed E-state index contributed by atoms with van der Waals surface area (Å²) in [5.74, 6) is 2.44. The third-order valence-corrected chi connectivity index (χ3v) is 5.79. The Kier molecular flexibility index (Phi) is 4.30. The Morgan fingerprint density at radius 3 is 2.74 bits per heavy atom. The molecule has 2 aliphatic rings. The maximum absolute atomic E-state index is 6.22. The summed E-state index contributed by atoms with van der Waals surface area (Å²) >= 11 is 6.22. The Labute approximate surface area is 163 Å². The summed E-state index contributed by atoms with van der Waals surface area (Å²) in [6.45, 7) is 1.51. The van der Waals surface area contributed by atoms with Crippen molar-refractivity contribution in [2.45, 2.75) is 38.3 Å². The maximum Gasteiger partial charge on any atom is 0.151 e. The summed E-state index contributed by atoms with van der Waals surface area (Å²) in [6, 6.07) is 16.8. The molecule has 0 bridgehead atoms. The first kappa shape index (κ1) is 16.7. The molecule has 0 saturated carbocycles. The van der Waals surface area contributed by atoms with Crippen LogP contribution in [0.3, 0.4) is 0 Å². The van der Waals surface area contributed by atoms with Gasteiger partial charge in [0.1, 0.15) is 5.82 Å². The third kappa shape index (κ3) is 3.09. The minimum Gasteiger partial charge on any atom is -0.306 e. The van der Waals surface area contributed by atoms with Crippen LogP contribution in [0.5, 0.6) is 0 Å². The zero-order valence-corrected chi connectivity index (χ0v) is 15.8. The SMILES string of the molecule is Clc1ccc2c(c1)CNCc1nnc([C@@H]3CC=C(c4ccccc4)CC3)n1-2. The van der Waals surface area contributed by atoms with E-state index < -0.39 is 0 Å². The van der Waals surface area contributed by atoms with Crippen LogP contribution >= 0.6 is 11.6 Å². The Balaban J connectivity index is 1.50. The minimum atomic E-state index is 0.389. The first-order chi connectivity index (χ1) is 13.3. The highest BCUT2D eigenvalue weighted by Gasteiger charge is 2.26. The minimum absolute atomic E-state index is 0.389. The second-order valence-corrected chi connectivity index (χ2v) is 7.69. The van der Waals surface area contributed by atoms with Crippen molar-refractivity contribution in [1.29, 1.82) is 0 Å². The van der Waals surface area contributed by atoms with Gasteiger partial charge in [0.2, 0.25) is 0 Å². The van der Waals surface area contributed by atoms with Crippen LogP contribution in [-0.2, 0) is 13.1 Å². The molecule has 3 aromatic rings. The van der Waals surface area contributed by atoms with Crippen LogP contribution in [-0.4, -0.2) is 14.8 Å². The Morgan fingerprint density at radius 2 is 1.93 bits per heavy atom. The number of nitrogens with zero attached hydrogens (tertiary/aromatic N) is 3. The fourth-order valence-electron chi connectivity index (χ4n) is 4.18. The van der Waals surface area contributed by atoms with Gasteiger partial charge in [0.15, 0.2) is 5.82 Å². The van der Waals surface area contributed by atoms with E-state index in [0.29, 0.717) is 5.92 Å². The van der Waals surface area contributed by atoms with E-state index in [1.807, 2.05) is 12.1 Å². The predicted molar refractivity (Wildman–Crippen MR) is 108 cm³/mol. The third-order valence-electron chi connectivity index (χ3n) is 5.56. The highest BCUT2D eigenvalue weighted by molar-refractivity contribution is 6.30. The van der Waals surface area contributed by atoms with E-state index in [0.717, 1.165) is 54.7 Å². The summed E-state index contributed by atoms with van der Waals surface area (Å²) in [6.07, 6.45) is 5.54. The molecule has 5 rings (SSSR count). The molecule has 1 aliphatic carbocycles. The van der Waals surface area contributed by atoms with Crippen molar-refractivity contribution >= 4 is 17.2 Å². The van der Waals surface area contributed by atoms with Gasteiger partial charge < -0.3 is 5.32 Å². The van der Waals surface area contributed by atoms with Crippen molar-refractivity contribution in [1.82, 2.24) is 20.1 Å². The van der Waals surface area contributed by atoms with Gasteiger partial charge in [-0.1, -0.05) is 48.0 Å². The molecule has 2 heterocycles. The highest BCUT2D eigenvalue weighted by atomic mass is 35.5. The summed E-state index contributed by atoms with van der Waals surface area (Å²) in [4.78, 5) is 0. The number of rotatable bonds is 2. The molecule has 0 spiro atoms. The number of hydrogen-bond donors (Lipinski definition) is 1. The molecule has 0 amide bonds. The lowest BCUT2D eigenvalue weighted by atomic mass is 9.86. The number of aromatic nitrogens is 3. The highest BCUT2D eigenvalue weighted by Crippen LogP contribution is 2.37. The molecule has 0 unspecified atom stereocenters. The van der Waals surface area contributed by atoms with Crippen LogP contribution < -0.4 is 5.32 Å². The largest absolute Gasteiger partial charge is 0.306 e. The fourth-order valence-corrected chi connectivity index (χ4v) is 4.37. The molecule has 5 heteroatoms. The van der Waals surface area contributed by atoms with Gasteiger partial charge in [-0.05, 0) is 54.2 Å². The monoisotopic (exact) mass is 376 g/mol. The molecule has 1 atom stereocenters. The smallest absolute Gasteiger partial charge is 0.151 e. The molecule has 2 aromatic carbocycles. The number of nitrogens with one attached hydrogen (secondary N) is 1. The van der Waals surface area contributed by atoms with Crippen molar-refractivity contribution in [3.05, 3.63) is 82.4 Å². The van der Waals surface area contributed by atoms with Crippen LogP contribution in [0.2, 0.25) is 5.02 Å². The quantitative estimate of drug-likeness (QED) is 0.693. The summed E-state index contributed by atoms with van der Waals surface area (Å²) < 4.78 is 2.25. The fraction of sp³-hybridized carbons (Fsp3) is 0.273. The van der Waals surface area contributed by atoms with Crippen molar-refractivity contribution in [3.8, 4) is 5.69 Å². The van der Waals surface area contributed by atoms with Gasteiger partial charge in [0.25, 0.3) is 0 Å². The Hall–Kier alpha value is -2.43. The van der Waals surface area contributed by atoms with Crippen molar-refractivity contribution in [2.24, 2.45) is 0 Å². The van der Waals surface area contributed by atoms with Crippen molar-refractivity contribution in [3.63, 3.8) is 0 Å². The first-order valence-corrected chi connectivity index (χ1v) is 9.85. The van der Waals surface area contributed by atoms with Crippen molar-refractivity contribution in [2.75, 3.05) is 0 Å². The lowest BCUT2D eigenvalue weighted by Gasteiger charge is -2.23. The van der Waals surface area contributed by atoms with Gasteiger partial charge in [-0.15, -0.1) is 10.2 Å². The molecule has 1 N–H and O–H groups in total. The van der Waals surface area contributed by atoms with Crippen LogP contribution in [0.1, 0.15) is 48.0 Å². The van der Waals surface area contributed by atoms with E-state index in [2.05, 4.69) is 62.6 Å². The van der Waals surface area contributed by atoms with E-state index in [1.165, 1.54) is 16.7 Å². The molecule has 1 aliphatic heterocycles.